The summed E-state index contributed by atoms with van der Waals surface area (Å²) in [5, 5.41) is 1.77. The first kappa shape index (κ1) is 18.6. The van der Waals surface area contributed by atoms with E-state index in [2.05, 4.69) is 11.9 Å². The summed E-state index contributed by atoms with van der Waals surface area (Å²) in [5.41, 5.74) is 2.35. The predicted octanol–water partition coefficient (Wildman–Crippen LogP) is 4.57. The van der Waals surface area contributed by atoms with E-state index in [1.165, 1.54) is 0 Å². The zero-order chi connectivity index (χ0) is 20.5. The quantitative estimate of drug-likeness (QED) is 0.475. The molecule has 0 radical (unpaired) electrons. The first-order valence-corrected chi connectivity index (χ1v) is 10.2. The normalized spacial score (nSPS) is 14.9. The Morgan fingerprint density at radius 3 is 2.33 bits per heavy atom. The number of amides is 1. The smallest absolute Gasteiger partial charge is 0.253 e. The molecule has 0 unspecified atom stereocenters. The van der Waals surface area contributed by atoms with Gasteiger partial charge < -0.3 is 14.5 Å². The summed E-state index contributed by atoms with van der Waals surface area (Å²) >= 11 is 0. The fourth-order valence-electron chi connectivity index (χ4n) is 3.89. The average Bonchev–Trinajstić information content (AvgIpc) is 2.79. The van der Waals surface area contributed by atoms with E-state index in [4.69, 9.17) is 9.72 Å². The molecule has 0 N–H and O–H groups in total. The Bertz CT molecular complexity index is 1220. The van der Waals surface area contributed by atoms with Crippen LogP contribution in [-0.2, 0) is 0 Å². The van der Waals surface area contributed by atoms with Crippen LogP contribution >= 0.6 is 0 Å². The lowest BCUT2D eigenvalue weighted by Crippen LogP contribution is -2.47. The van der Waals surface area contributed by atoms with E-state index in [-0.39, 0.29) is 5.91 Å². The Balaban J connectivity index is 1.62. The van der Waals surface area contributed by atoms with E-state index in [9.17, 15) is 4.79 Å². The molecule has 3 aromatic carbocycles. The Labute approximate surface area is 175 Å². The summed E-state index contributed by atoms with van der Waals surface area (Å²) in [7, 11) is 2.09. The summed E-state index contributed by atoms with van der Waals surface area (Å²) in [5.74, 6) is 1.55. The number of carbonyl (C=O) groups is 1. The van der Waals surface area contributed by atoms with Crippen molar-refractivity contribution >= 4 is 27.7 Å². The van der Waals surface area contributed by atoms with Gasteiger partial charge in [0.05, 0.1) is 11.0 Å². The number of rotatable bonds is 3. The number of hydrogen-bond acceptors (Lipinski definition) is 4. The number of aromatic nitrogens is 1. The van der Waals surface area contributed by atoms with Gasteiger partial charge in [0.25, 0.3) is 5.91 Å². The number of pyridine rings is 1. The van der Waals surface area contributed by atoms with Gasteiger partial charge >= 0.3 is 0 Å². The highest BCUT2D eigenvalue weighted by Gasteiger charge is 2.21. The van der Waals surface area contributed by atoms with Crippen LogP contribution in [-0.4, -0.2) is 53.9 Å². The van der Waals surface area contributed by atoms with Crippen LogP contribution in [0.5, 0.6) is 11.5 Å². The minimum atomic E-state index is 0.0591. The van der Waals surface area contributed by atoms with Gasteiger partial charge in [-0.15, -0.1) is 0 Å². The third-order valence-electron chi connectivity index (χ3n) is 5.63. The number of piperazine rings is 1. The SMILES string of the molecule is CN1CCN(C(=O)c2ccc3nc4ccccc4c(Oc4ccccc4)c3c2)CC1. The van der Waals surface area contributed by atoms with E-state index >= 15 is 0 Å². The number of para-hydroxylation sites is 2. The molecule has 0 bridgehead atoms. The first-order chi connectivity index (χ1) is 14.7. The van der Waals surface area contributed by atoms with Crippen molar-refractivity contribution in [2.45, 2.75) is 0 Å². The Morgan fingerprint density at radius 2 is 1.53 bits per heavy atom. The first-order valence-electron chi connectivity index (χ1n) is 10.2. The second-order valence-electron chi connectivity index (χ2n) is 7.70. The maximum absolute atomic E-state index is 13.1. The number of carbonyl (C=O) groups excluding carboxylic acids is 1. The van der Waals surface area contributed by atoms with Crippen molar-refractivity contribution in [3.8, 4) is 11.5 Å². The molecule has 1 fully saturated rings. The van der Waals surface area contributed by atoms with Crippen molar-refractivity contribution in [2.75, 3.05) is 33.2 Å². The third-order valence-corrected chi connectivity index (χ3v) is 5.63. The molecular weight excluding hydrogens is 374 g/mol. The molecule has 30 heavy (non-hydrogen) atoms. The van der Waals surface area contributed by atoms with Crippen LogP contribution in [0, 0.1) is 0 Å². The molecule has 0 saturated carbocycles. The number of likely N-dealkylation sites (N-methyl/N-ethyl adjacent to an activating group) is 1. The van der Waals surface area contributed by atoms with Gasteiger partial charge in [-0.1, -0.05) is 30.3 Å². The van der Waals surface area contributed by atoms with Crippen LogP contribution in [0.3, 0.4) is 0 Å². The van der Waals surface area contributed by atoms with Gasteiger partial charge in [-0.2, -0.15) is 0 Å². The van der Waals surface area contributed by atoms with Crippen molar-refractivity contribution in [3.63, 3.8) is 0 Å². The lowest BCUT2D eigenvalue weighted by molar-refractivity contribution is 0.0664. The summed E-state index contributed by atoms with van der Waals surface area (Å²) in [6.45, 7) is 3.29. The standard InChI is InChI=1S/C25H23N3O2/c1-27-13-15-28(16-14-27)25(29)18-11-12-23-21(17-18)24(30-19-7-3-2-4-8-19)20-9-5-6-10-22(20)26-23/h2-12,17H,13-16H2,1H3. The molecule has 1 aromatic heterocycles. The van der Waals surface area contributed by atoms with Crippen LogP contribution in [0.25, 0.3) is 21.8 Å². The third kappa shape index (κ3) is 3.48. The highest BCUT2D eigenvalue weighted by atomic mass is 16.5. The zero-order valence-corrected chi connectivity index (χ0v) is 16.9. The average molecular weight is 397 g/mol. The molecule has 1 aliphatic heterocycles. The van der Waals surface area contributed by atoms with Crippen LogP contribution in [0.4, 0.5) is 0 Å². The highest BCUT2D eigenvalue weighted by molar-refractivity contribution is 6.05. The van der Waals surface area contributed by atoms with Crippen molar-refractivity contribution in [3.05, 3.63) is 78.4 Å². The van der Waals surface area contributed by atoms with E-state index < -0.39 is 0 Å². The van der Waals surface area contributed by atoms with Gasteiger partial charge in [-0.05, 0) is 49.5 Å². The van der Waals surface area contributed by atoms with Crippen molar-refractivity contribution in [1.82, 2.24) is 14.8 Å². The molecule has 1 aliphatic rings. The molecule has 5 rings (SSSR count). The number of hydrogen-bond donors (Lipinski definition) is 0. The van der Waals surface area contributed by atoms with Gasteiger partial charge in [0.2, 0.25) is 0 Å². The molecular formula is C25H23N3O2. The zero-order valence-electron chi connectivity index (χ0n) is 16.9. The molecule has 0 spiro atoms. The summed E-state index contributed by atoms with van der Waals surface area (Å²) < 4.78 is 6.33. The molecule has 0 aliphatic carbocycles. The van der Waals surface area contributed by atoms with E-state index in [0.717, 1.165) is 59.5 Å². The number of fused-ring (bicyclic) bond motifs is 2. The number of ether oxygens (including phenoxy) is 1. The Hall–Kier alpha value is -3.44. The van der Waals surface area contributed by atoms with Crippen LogP contribution in [0.15, 0.2) is 72.8 Å². The topological polar surface area (TPSA) is 45.7 Å². The molecule has 0 atom stereocenters. The van der Waals surface area contributed by atoms with Crippen molar-refractivity contribution in [2.24, 2.45) is 0 Å². The molecule has 5 heteroatoms. The lowest BCUT2D eigenvalue weighted by atomic mass is 10.1. The van der Waals surface area contributed by atoms with Crippen LogP contribution in [0.2, 0.25) is 0 Å². The van der Waals surface area contributed by atoms with Gasteiger partial charge in [0, 0.05) is 42.5 Å². The van der Waals surface area contributed by atoms with Gasteiger partial charge in [-0.3, -0.25) is 4.79 Å². The van der Waals surface area contributed by atoms with E-state index in [1.807, 2.05) is 77.7 Å². The maximum atomic E-state index is 13.1. The number of benzene rings is 3. The van der Waals surface area contributed by atoms with Gasteiger partial charge in [0.15, 0.2) is 0 Å². The summed E-state index contributed by atoms with van der Waals surface area (Å²) in [6, 6.07) is 23.4. The maximum Gasteiger partial charge on any atom is 0.253 e. The fourth-order valence-corrected chi connectivity index (χ4v) is 3.89. The largest absolute Gasteiger partial charge is 0.456 e. The van der Waals surface area contributed by atoms with Crippen LogP contribution in [0.1, 0.15) is 10.4 Å². The highest BCUT2D eigenvalue weighted by Crippen LogP contribution is 2.36. The summed E-state index contributed by atoms with van der Waals surface area (Å²) in [6.07, 6.45) is 0. The molecule has 5 nitrogen and oxygen atoms in total. The minimum Gasteiger partial charge on any atom is -0.456 e. The van der Waals surface area contributed by atoms with Crippen LogP contribution < -0.4 is 4.74 Å². The monoisotopic (exact) mass is 397 g/mol. The van der Waals surface area contributed by atoms with Gasteiger partial charge in [-0.25, -0.2) is 4.98 Å². The van der Waals surface area contributed by atoms with Crippen molar-refractivity contribution in [1.29, 1.82) is 0 Å². The van der Waals surface area contributed by atoms with Crippen molar-refractivity contribution < 1.29 is 9.53 Å². The molecule has 4 aromatic rings. The molecule has 1 saturated heterocycles. The fraction of sp³-hybridized carbons (Fsp3) is 0.200. The predicted molar refractivity (Wildman–Crippen MR) is 119 cm³/mol. The van der Waals surface area contributed by atoms with E-state index in [1.54, 1.807) is 0 Å². The minimum absolute atomic E-state index is 0.0591. The Morgan fingerprint density at radius 1 is 0.833 bits per heavy atom. The van der Waals surface area contributed by atoms with Gasteiger partial charge in [0.1, 0.15) is 11.5 Å². The molecule has 1 amide bonds. The molecule has 150 valence electrons. The summed E-state index contributed by atoms with van der Waals surface area (Å²) in [4.78, 5) is 22.1. The van der Waals surface area contributed by atoms with E-state index in [0.29, 0.717) is 5.56 Å². The lowest BCUT2D eigenvalue weighted by Gasteiger charge is -2.32. The Kier molecular flexibility index (Phi) is 4.81. The second-order valence-corrected chi connectivity index (χ2v) is 7.70. The second kappa shape index (κ2) is 7.76. The number of nitrogens with zero attached hydrogens (tertiary/aromatic N) is 3. The molecule has 2 heterocycles.